The van der Waals surface area contributed by atoms with E-state index in [1.807, 2.05) is 0 Å². The fourth-order valence-corrected chi connectivity index (χ4v) is 0.998. The molecular weight excluding hydrogens is 272 g/mol. The fraction of sp³-hybridized carbons (Fsp3) is 0.250. The Morgan fingerprint density at radius 2 is 1.94 bits per heavy atom. The SMILES string of the molecule is O=C(O)c1cc(OC(F)(F)F)c(C(F)F)nc1F. The molecule has 0 saturated heterocycles. The Balaban J connectivity index is 3.35. The Labute approximate surface area is 94.8 Å². The summed E-state index contributed by atoms with van der Waals surface area (Å²) in [6.07, 6.45) is -8.89. The molecule has 0 spiro atoms. The number of carbonyl (C=O) groups is 1. The quantitative estimate of drug-likeness (QED) is 0.680. The van der Waals surface area contributed by atoms with E-state index in [4.69, 9.17) is 5.11 Å². The second-order valence-electron chi connectivity index (χ2n) is 2.86. The summed E-state index contributed by atoms with van der Waals surface area (Å²) in [5.41, 5.74) is -2.94. The van der Waals surface area contributed by atoms with Crippen LogP contribution in [0.25, 0.3) is 0 Å². The van der Waals surface area contributed by atoms with Gasteiger partial charge in [-0.15, -0.1) is 13.2 Å². The molecule has 0 radical (unpaired) electrons. The molecule has 1 N–H and O–H groups in total. The standard InChI is InChI=1S/C8H3F6NO3/c9-5(10)4-3(18-8(12,13)14)1-2(7(16)17)6(11)15-4/h1,5H,(H,16,17). The van der Waals surface area contributed by atoms with Crippen LogP contribution in [0.2, 0.25) is 0 Å². The normalized spacial score (nSPS) is 11.7. The smallest absolute Gasteiger partial charge is 0.478 e. The summed E-state index contributed by atoms with van der Waals surface area (Å²) in [5.74, 6) is -5.35. The molecule has 10 heteroatoms. The van der Waals surface area contributed by atoms with Crippen LogP contribution in [-0.4, -0.2) is 22.4 Å². The first-order valence-electron chi connectivity index (χ1n) is 4.09. The van der Waals surface area contributed by atoms with Gasteiger partial charge in [0.2, 0.25) is 5.95 Å². The van der Waals surface area contributed by atoms with Gasteiger partial charge in [-0.1, -0.05) is 0 Å². The fourth-order valence-electron chi connectivity index (χ4n) is 0.998. The van der Waals surface area contributed by atoms with Crippen molar-refractivity contribution in [2.75, 3.05) is 0 Å². The Morgan fingerprint density at radius 1 is 1.39 bits per heavy atom. The van der Waals surface area contributed by atoms with E-state index in [2.05, 4.69) is 9.72 Å². The van der Waals surface area contributed by atoms with Gasteiger partial charge < -0.3 is 9.84 Å². The van der Waals surface area contributed by atoms with Crippen molar-refractivity contribution in [1.82, 2.24) is 4.98 Å². The summed E-state index contributed by atoms with van der Waals surface area (Å²) in [6.45, 7) is 0. The lowest BCUT2D eigenvalue weighted by molar-refractivity contribution is -0.275. The molecule has 4 nitrogen and oxygen atoms in total. The van der Waals surface area contributed by atoms with E-state index in [-0.39, 0.29) is 6.07 Å². The lowest BCUT2D eigenvalue weighted by atomic mass is 10.2. The molecular formula is C8H3F6NO3. The van der Waals surface area contributed by atoms with Crippen LogP contribution in [0.3, 0.4) is 0 Å². The highest BCUT2D eigenvalue weighted by Crippen LogP contribution is 2.32. The van der Waals surface area contributed by atoms with Crippen molar-refractivity contribution in [3.63, 3.8) is 0 Å². The zero-order valence-corrected chi connectivity index (χ0v) is 8.13. The van der Waals surface area contributed by atoms with Crippen LogP contribution in [0, 0.1) is 5.95 Å². The topological polar surface area (TPSA) is 59.4 Å². The first-order valence-corrected chi connectivity index (χ1v) is 4.09. The maximum absolute atomic E-state index is 12.9. The van der Waals surface area contributed by atoms with Gasteiger partial charge in [0.25, 0.3) is 6.43 Å². The van der Waals surface area contributed by atoms with E-state index in [1.165, 1.54) is 0 Å². The molecule has 1 heterocycles. The van der Waals surface area contributed by atoms with Gasteiger partial charge >= 0.3 is 12.3 Å². The van der Waals surface area contributed by atoms with Crippen molar-refractivity contribution in [3.8, 4) is 5.75 Å². The minimum atomic E-state index is -5.33. The third kappa shape index (κ3) is 3.25. The zero-order valence-electron chi connectivity index (χ0n) is 8.13. The van der Waals surface area contributed by atoms with Crippen LogP contribution < -0.4 is 4.74 Å². The molecule has 0 aliphatic heterocycles. The number of carboxylic acids is 1. The summed E-state index contributed by atoms with van der Waals surface area (Å²) in [5, 5.41) is 8.41. The summed E-state index contributed by atoms with van der Waals surface area (Å²) < 4.78 is 76.3. The van der Waals surface area contributed by atoms with Crippen molar-refractivity contribution in [2.24, 2.45) is 0 Å². The molecule has 0 amide bonds. The highest BCUT2D eigenvalue weighted by molar-refractivity contribution is 5.88. The Hall–Kier alpha value is -2.00. The highest BCUT2D eigenvalue weighted by Gasteiger charge is 2.35. The van der Waals surface area contributed by atoms with Crippen molar-refractivity contribution in [1.29, 1.82) is 0 Å². The van der Waals surface area contributed by atoms with Crippen molar-refractivity contribution in [2.45, 2.75) is 12.8 Å². The van der Waals surface area contributed by atoms with Gasteiger partial charge in [-0.3, -0.25) is 0 Å². The molecule has 0 fully saturated rings. The van der Waals surface area contributed by atoms with Gasteiger partial charge in [-0.25, -0.2) is 18.6 Å². The number of alkyl halides is 5. The first-order chi connectivity index (χ1) is 8.11. The molecule has 1 aromatic rings. The Morgan fingerprint density at radius 3 is 2.33 bits per heavy atom. The van der Waals surface area contributed by atoms with Crippen LogP contribution in [0.15, 0.2) is 6.07 Å². The third-order valence-electron chi connectivity index (χ3n) is 1.63. The molecule has 0 saturated carbocycles. The maximum Gasteiger partial charge on any atom is 0.573 e. The van der Waals surface area contributed by atoms with E-state index in [1.54, 1.807) is 0 Å². The number of hydrogen-bond acceptors (Lipinski definition) is 3. The van der Waals surface area contributed by atoms with Crippen LogP contribution in [0.1, 0.15) is 22.5 Å². The lowest BCUT2D eigenvalue weighted by Gasteiger charge is -2.13. The molecule has 0 aliphatic rings. The molecule has 0 aliphatic carbocycles. The minimum Gasteiger partial charge on any atom is -0.478 e. The summed E-state index contributed by atoms with van der Waals surface area (Å²) >= 11 is 0. The number of halogens is 6. The average Bonchev–Trinajstić information content (AvgIpc) is 2.17. The first kappa shape index (κ1) is 14.1. The Kier molecular flexibility index (Phi) is 3.67. The van der Waals surface area contributed by atoms with Crippen LogP contribution in [-0.2, 0) is 0 Å². The Bertz CT molecular complexity index is 473. The number of aromatic carboxylic acids is 1. The third-order valence-corrected chi connectivity index (χ3v) is 1.63. The molecule has 1 rings (SSSR count). The van der Waals surface area contributed by atoms with E-state index >= 15 is 0 Å². The van der Waals surface area contributed by atoms with E-state index in [9.17, 15) is 31.1 Å². The van der Waals surface area contributed by atoms with Crippen molar-refractivity contribution >= 4 is 5.97 Å². The summed E-state index contributed by atoms with van der Waals surface area (Å²) in [7, 11) is 0. The largest absolute Gasteiger partial charge is 0.573 e. The number of rotatable bonds is 3. The van der Waals surface area contributed by atoms with Gasteiger partial charge in [0.1, 0.15) is 5.56 Å². The second-order valence-corrected chi connectivity index (χ2v) is 2.86. The molecule has 0 unspecified atom stereocenters. The van der Waals surface area contributed by atoms with Crippen LogP contribution >= 0.6 is 0 Å². The molecule has 0 atom stereocenters. The molecule has 0 bridgehead atoms. The average molecular weight is 275 g/mol. The van der Waals surface area contributed by atoms with Gasteiger partial charge in [0, 0.05) is 6.07 Å². The number of nitrogens with zero attached hydrogens (tertiary/aromatic N) is 1. The molecule has 100 valence electrons. The molecule has 1 aromatic heterocycles. The number of pyridine rings is 1. The second kappa shape index (κ2) is 4.70. The predicted molar refractivity (Wildman–Crippen MR) is 42.8 cm³/mol. The predicted octanol–water partition coefficient (Wildman–Crippen LogP) is 2.76. The minimum absolute atomic E-state index is 0.000347. The highest BCUT2D eigenvalue weighted by atomic mass is 19.4. The number of ether oxygens (including phenoxy) is 1. The van der Waals surface area contributed by atoms with E-state index in [0.717, 1.165) is 0 Å². The van der Waals surface area contributed by atoms with Crippen LogP contribution in [0.5, 0.6) is 5.75 Å². The van der Waals surface area contributed by atoms with Crippen molar-refractivity contribution in [3.05, 3.63) is 23.3 Å². The molecule has 18 heavy (non-hydrogen) atoms. The molecule has 0 aromatic carbocycles. The zero-order chi connectivity index (χ0) is 14.1. The monoisotopic (exact) mass is 275 g/mol. The lowest BCUT2D eigenvalue weighted by Crippen LogP contribution is -2.20. The maximum atomic E-state index is 12.9. The summed E-state index contributed by atoms with van der Waals surface area (Å²) in [6, 6.07) is -0.000347. The van der Waals surface area contributed by atoms with Gasteiger partial charge in [0.05, 0.1) is 0 Å². The van der Waals surface area contributed by atoms with Crippen LogP contribution in [0.4, 0.5) is 26.3 Å². The van der Waals surface area contributed by atoms with Gasteiger partial charge in [-0.2, -0.15) is 4.39 Å². The number of hydrogen-bond donors (Lipinski definition) is 1. The van der Waals surface area contributed by atoms with Gasteiger partial charge in [-0.05, 0) is 0 Å². The van der Waals surface area contributed by atoms with E-state index < -0.39 is 41.7 Å². The van der Waals surface area contributed by atoms with E-state index in [0.29, 0.717) is 0 Å². The summed E-state index contributed by atoms with van der Waals surface area (Å²) in [4.78, 5) is 12.9. The van der Waals surface area contributed by atoms with Gasteiger partial charge in [0.15, 0.2) is 11.4 Å². The number of aromatic nitrogens is 1. The number of carboxylic acid groups (broad SMARTS) is 1. The van der Waals surface area contributed by atoms with Crippen molar-refractivity contribution < 1.29 is 41.0 Å².